The summed E-state index contributed by atoms with van der Waals surface area (Å²) in [5.74, 6) is 5.58. The zero-order valence-electron chi connectivity index (χ0n) is 11.0. The van der Waals surface area contributed by atoms with Crippen LogP contribution in [-0.2, 0) is 0 Å². The molecule has 0 aliphatic carbocycles. The summed E-state index contributed by atoms with van der Waals surface area (Å²) >= 11 is 0. The molecule has 20 heavy (non-hydrogen) atoms. The molecule has 0 saturated heterocycles. The minimum atomic E-state index is -0.347. The SMILES string of the molecule is Cc1cnoc1C(=O)Nc1cccc(C#CCCO)c1. The Bertz CT molecular complexity index is 665. The Morgan fingerprint density at radius 2 is 2.35 bits per heavy atom. The maximum Gasteiger partial charge on any atom is 0.294 e. The summed E-state index contributed by atoms with van der Waals surface area (Å²) in [7, 11) is 0. The normalized spacial score (nSPS) is 9.70. The molecule has 1 aromatic carbocycles. The standard InChI is InChI=1S/C15H14N2O3/c1-11-10-16-20-14(11)15(19)17-13-7-4-6-12(9-13)5-2-3-8-18/h4,6-7,9-10,18H,3,8H2,1H3,(H,17,19). The minimum Gasteiger partial charge on any atom is -0.395 e. The van der Waals surface area contributed by atoms with E-state index in [4.69, 9.17) is 9.63 Å². The van der Waals surface area contributed by atoms with Crippen molar-refractivity contribution in [3.05, 3.63) is 47.3 Å². The van der Waals surface area contributed by atoms with Gasteiger partial charge in [-0.25, -0.2) is 0 Å². The Labute approximate surface area is 116 Å². The predicted molar refractivity (Wildman–Crippen MR) is 74.2 cm³/mol. The van der Waals surface area contributed by atoms with E-state index in [1.165, 1.54) is 6.20 Å². The van der Waals surface area contributed by atoms with Crippen LogP contribution in [0.5, 0.6) is 0 Å². The van der Waals surface area contributed by atoms with Crippen LogP contribution in [0.1, 0.15) is 28.1 Å². The van der Waals surface area contributed by atoms with Crippen molar-refractivity contribution in [2.24, 2.45) is 0 Å². The highest BCUT2D eigenvalue weighted by atomic mass is 16.5. The quantitative estimate of drug-likeness (QED) is 0.836. The van der Waals surface area contributed by atoms with E-state index >= 15 is 0 Å². The maximum atomic E-state index is 12.0. The van der Waals surface area contributed by atoms with Crippen LogP contribution in [-0.4, -0.2) is 22.8 Å². The Morgan fingerprint density at radius 1 is 1.50 bits per heavy atom. The number of aromatic nitrogens is 1. The van der Waals surface area contributed by atoms with E-state index in [0.717, 1.165) is 5.56 Å². The number of aliphatic hydroxyl groups excluding tert-OH is 1. The third-order valence-electron chi connectivity index (χ3n) is 2.54. The third kappa shape index (κ3) is 3.46. The van der Waals surface area contributed by atoms with Crippen LogP contribution >= 0.6 is 0 Å². The summed E-state index contributed by atoms with van der Waals surface area (Å²) in [5, 5.41) is 15.0. The van der Waals surface area contributed by atoms with Crippen LogP contribution in [0.3, 0.4) is 0 Å². The monoisotopic (exact) mass is 270 g/mol. The lowest BCUT2D eigenvalue weighted by molar-refractivity contribution is 0.0987. The Hall–Kier alpha value is -2.58. The summed E-state index contributed by atoms with van der Waals surface area (Å²) in [6.07, 6.45) is 1.92. The molecule has 0 radical (unpaired) electrons. The second-order valence-electron chi connectivity index (χ2n) is 4.15. The van der Waals surface area contributed by atoms with Crippen molar-refractivity contribution in [1.82, 2.24) is 5.16 Å². The molecule has 2 aromatic rings. The van der Waals surface area contributed by atoms with Gasteiger partial charge in [-0.1, -0.05) is 23.1 Å². The zero-order chi connectivity index (χ0) is 14.4. The van der Waals surface area contributed by atoms with Crippen molar-refractivity contribution in [2.75, 3.05) is 11.9 Å². The fraction of sp³-hybridized carbons (Fsp3) is 0.200. The molecule has 1 amide bonds. The highest BCUT2D eigenvalue weighted by Gasteiger charge is 2.14. The summed E-state index contributed by atoms with van der Waals surface area (Å²) in [4.78, 5) is 12.0. The molecule has 0 atom stereocenters. The number of nitrogens with zero attached hydrogens (tertiary/aromatic N) is 1. The molecular formula is C15H14N2O3. The number of aliphatic hydroxyl groups is 1. The number of carbonyl (C=O) groups excluding carboxylic acids is 1. The van der Waals surface area contributed by atoms with Crippen LogP contribution < -0.4 is 5.32 Å². The number of rotatable bonds is 3. The third-order valence-corrected chi connectivity index (χ3v) is 2.54. The molecule has 2 N–H and O–H groups in total. The Balaban J connectivity index is 2.11. The van der Waals surface area contributed by atoms with Gasteiger partial charge >= 0.3 is 0 Å². The van der Waals surface area contributed by atoms with Gasteiger partial charge < -0.3 is 14.9 Å². The molecule has 102 valence electrons. The van der Waals surface area contributed by atoms with Crippen LogP contribution in [0, 0.1) is 18.8 Å². The number of benzene rings is 1. The number of nitrogens with one attached hydrogen (secondary N) is 1. The van der Waals surface area contributed by atoms with Gasteiger partial charge in [0.05, 0.1) is 12.8 Å². The van der Waals surface area contributed by atoms with Crippen LogP contribution in [0.4, 0.5) is 5.69 Å². The number of carbonyl (C=O) groups is 1. The molecule has 0 unspecified atom stereocenters. The number of anilines is 1. The van der Waals surface area contributed by atoms with Crippen molar-refractivity contribution in [3.63, 3.8) is 0 Å². The molecule has 0 fully saturated rings. The smallest absolute Gasteiger partial charge is 0.294 e. The molecule has 0 aliphatic rings. The fourth-order valence-electron chi connectivity index (χ4n) is 1.59. The van der Waals surface area contributed by atoms with Crippen molar-refractivity contribution >= 4 is 11.6 Å². The molecule has 0 saturated carbocycles. The van der Waals surface area contributed by atoms with Gasteiger partial charge in [-0.15, -0.1) is 0 Å². The highest BCUT2D eigenvalue weighted by molar-refractivity contribution is 6.03. The average molecular weight is 270 g/mol. The van der Waals surface area contributed by atoms with Crippen molar-refractivity contribution in [3.8, 4) is 11.8 Å². The minimum absolute atomic E-state index is 0.0359. The molecule has 2 rings (SSSR count). The first-order valence-electron chi connectivity index (χ1n) is 6.13. The van der Waals surface area contributed by atoms with Gasteiger partial charge in [0.25, 0.3) is 5.91 Å². The van der Waals surface area contributed by atoms with E-state index in [0.29, 0.717) is 17.7 Å². The van der Waals surface area contributed by atoms with Gasteiger partial charge in [0, 0.05) is 23.2 Å². The summed E-state index contributed by atoms with van der Waals surface area (Å²) < 4.78 is 4.89. The average Bonchev–Trinajstić information content (AvgIpc) is 2.86. The van der Waals surface area contributed by atoms with E-state index in [9.17, 15) is 4.79 Å². The topological polar surface area (TPSA) is 75.4 Å². The van der Waals surface area contributed by atoms with E-state index < -0.39 is 0 Å². The molecule has 1 aromatic heterocycles. The van der Waals surface area contributed by atoms with E-state index in [1.54, 1.807) is 25.1 Å². The van der Waals surface area contributed by atoms with Crippen molar-refractivity contribution in [1.29, 1.82) is 0 Å². The van der Waals surface area contributed by atoms with Gasteiger partial charge in [0.2, 0.25) is 5.76 Å². The summed E-state index contributed by atoms with van der Waals surface area (Å²) in [6, 6.07) is 7.15. The van der Waals surface area contributed by atoms with Crippen LogP contribution in [0.25, 0.3) is 0 Å². The molecule has 1 heterocycles. The lowest BCUT2D eigenvalue weighted by Crippen LogP contribution is -2.12. The maximum absolute atomic E-state index is 12.0. The van der Waals surface area contributed by atoms with Gasteiger partial charge in [-0.2, -0.15) is 0 Å². The molecule has 0 aliphatic heterocycles. The van der Waals surface area contributed by atoms with Crippen molar-refractivity contribution < 1.29 is 14.4 Å². The molecule has 0 bridgehead atoms. The zero-order valence-corrected chi connectivity index (χ0v) is 11.0. The predicted octanol–water partition coefficient (Wildman–Crippen LogP) is 1.97. The summed E-state index contributed by atoms with van der Waals surface area (Å²) in [5.41, 5.74) is 2.08. The number of aryl methyl sites for hydroxylation is 1. The number of hydrogen-bond acceptors (Lipinski definition) is 4. The lowest BCUT2D eigenvalue weighted by atomic mass is 10.2. The molecule has 0 spiro atoms. The first-order chi connectivity index (χ1) is 9.70. The number of hydrogen-bond donors (Lipinski definition) is 2. The second kappa shape index (κ2) is 6.55. The molecular weight excluding hydrogens is 256 g/mol. The van der Waals surface area contributed by atoms with Gasteiger partial charge in [0.15, 0.2) is 0 Å². The van der Waals surface area contributed by atoms with E-state index in [1.807, 2.05) is 6.07 Å². The van der Waals surface area contributed by atoms with Crippen LogP contribution in [0.15, 0.2) is 35.0 Å². The Morgan fingerprint density at radius 3 is 3.05 bits per heavy atom. The molecule has 5 heteroatoms. The van der Waals surface area contributed by atoms with E-state index in [-0.39, 0.29) is 18.3 Å². The largest absolute Gasteiger partial charge is 0.395 e. The van der Waals surface area contributed by atoms with Crippen LogP contribution in [0.2, 0.25) is 0 Å². The van der Waals surface area contributed by atoms with Gasteiger partial charge in [-0.3, -0.25) is 4.79 Å². The number of amides is 1. The highest BCUT2D eigenvalue weighted by Crippen LogP contribution is 2.13. The molecule has 5 nitrogen and oxygen atoms in total. The van der Waals surface area contributed by atoms with E-state index in [2.05, 4.69) is 22.3 Å². The second-order valence-corrected chi connectivity index (χ2v) is 4.15. The summed E-state index contributed by atoms with van der Waals surface area (Å²) in [6.45, 7) is 1.79. The Kier molecular flexibility index (Phi) is 4.53. The first-order valence-corrected chi connectivity index (χ1v) is 6.13. The fourth-order valence-corrected chi connectivity index (χ4v) is 1.59. The van der Waals surface area contributed by atoms with Crippen molar-refractivity contribution in [2.45, 2.75) is 13.3 Å². The lowest BCUT2D eigenvalue weighted by Gasteiger charge is -2.03. The first kappa shape index (κ1) is 13.8. The van der Waals surface area contributed by atoms with Gasteiger partial charge in [0.1, 0.15) is 0 Å². The van der Waals surface area contributed by atoms with Gasteiger partial charge in [-0.05, 0) is 25.1 Å².